The molecule has 0 spiro atoms. The molecular formula is C16H19N3O3. The van der Waals surface area contributed by atoms with E-state index in [4.69, 9.17) is 5.11 Å². The van der Waals surface area contributed by atoms with Crippen LogP contribution in [-0.2, 0) is 4.79 Å². The number of piperidine rings is 1. The van der Waals surface area contributed by atoms with Gasteiger partial charge in [-0.15, -0.1) is 0 Å². The van der Waals surface area contributed by atoms with Gasteiger partial charge in [0.1, 0.15) is 0 Å². The number of hydrogen-bond acceptors (Lipinski definition) is 2. The first-order valence-corrected chi connectivity index (χ1v) is 7.41. The van der Waals surface area contributed by atoms with Crippen molar-refractivity contribution in [2.75, 3.05) is 18.4 Å². The quantitative estimate of drug-likeness (QED) is 0.797. The lowest BCUT2D eigenvalue weighted by molar-refractivity contribution is -0.143. The van der Waals surface area contributed by atoms with Crippen molar-refractivity contribution in [2.24, 2.45) is 5.92 Å². The molecule has 0 aliphatic carbocycles. The molecule has 3 N–H and O–H groups in total. The molecule has 6 heteroatoms. The highest BCUT2D eigenvalue weighted by molar-refractivity contribution is 5.93. The van der Waals surface area contributed by atoms with Gasteiger partial charge in [-0.3, -0.25) is 4.79 Å². The van der Waals surface area contributed by atoms with E-state index in [0.29, 0.717) is 25.9 Å². The molecular weight excluding hydrogens is 282 g/mol. The zero-order chi connectivity index (χ0) is 15.7. The zero-order valence-corrected chi connectivity index (χ0v) is 12.4. The number of benzene rings is 1. The molecule has 6 nitrogen and oxygen atoms in total. The topological polar surface area (TPSA) is 85.4 Å². The van der Waals surface area contributed by atoms with Gasteiger partial charge in [-0.25, -0.2) is 4.79 Å². The van der Waals surface area contributed by atoms with E-state index >= 15 is 0 Å². The number of carbonyl (C=O) groups excluding carboxylic acids is 1. The number of urea groups is 1. The SMILES string of the molecule is Cc1cc2cc(NC(=O)N3CCC(C(=O)O)CC3)ccc2[nH]1. The van der Waals surface area contributed by atoms with Gasteiger partial charge in [-0.05, 0) is 44.0 Å². The fraction of sp³-hybridized carbons (Fsp3) is 0.375. The lowest BCUT2D eigenvalue weighted by Crippen LogP contribution is -2.42. The molecule has 2 amide bonds. The number of nitrogens with zero attached hydrogens (tertiary/aromatic N) is 1. The third-order valence-electron chi connectivity index (χ3n) is 4.14. The van der Waals surface area contributed by atoms with E-state index in [1.165, 1.54) is 0 Å². The summed E-state index contributed by atoms with van der Waals surface area (Å²) in [6.07, 6.45) is 1.03. The Kier molecular flexibility index (Phi) is 3.75. The maximum atomic E-state index is 12.2. The molecule has 1 aliphatic rings. The maximum Gasteiger partial charge on any atom is 0.321 e. The van der Waals surface area contributed by atoms with Gasteiger partial charge in [0.15, 0.2) is 0 Å². The summed E-state index contributed by atoms with van der Waals surface area (Å²) in [4.78, 5) is 28.1. The van der Waals surface area contributed by atoms with Crippen LogP contribution in [0.25, 0.3) is 10.9 Å². The molecule has 1 aliphatic heterocycles. The first-order valence-electron chi connectivity index (χ1n) is 7.41. The average Bonchev–Trinajstić information content (AvgIpc) is 2.86. The molecule has 3 rings (SSSR count). The summed E-state index contributed by atoms with van der Waals surface area (Å²) >= 11 is 0. The van der Waals surface area contributed by atoms with E-state index in [2.05, 4.69) is 10.3 Å². The molecule has 1 aromatic heterocycles. The summed E-state index contributed by atoms with van der Waals surface area (Å²) in [5.41, 5.74) is 2.86. The molecule has 0 radical (unpaired) electrons. The van der Waals surface area contributed by atoms with E-state index < -0.39 is 5.97 Å². The molecule has 0 atom stereocenters. The van der Waals surface area contributed by atoms with Crippen LogP contribution in [0.1, 0.15) is 18.5 Å². The molecule has 1 fully saturated rings. The van der Waals surface area contributed by atoms with Crippen LogP contribution in [0.4, 0.5) is 10.5 Å². The molecule has 1 saturated heterocycles. The van der Waals surface area contributed by atoms with Gasteiger partial charge >= 0.3 is 12.0 Å². The molecule has 0 bridgehead atoms. The largest absolute Gasteiger partial charge is 0.481 e. The highest BCUT2D eigenvalue weighted by atomic mass is 16.4. The number of anilines is 1. The first kappa shape index (κ1) is 14.4. The number of amides is 2. The fourth-order valence-electron chi connectivity index (χ4n) is 2.89. The van der Waals surface area contributed by atoms with Gasteiger partial charge in [0.25, 0.3) is 0 Å². The monoisotopic (exact) mass is 301 g/mol. The van der Waals surface area contributed by atoms with Gasteiger partial charge in [0.05, 0.1) is 5.92 Å². The third-order valence-corrected chi connectivity index (χ3v) is 4.14. The second-order valence-electron chi connectivity index (χ2n) is 5.78. The van der Waals surface area contributed by atoms with Crippen molar-refractivity contribution in [2.45, 2.75) is 19.8 Å². The number of fused-ring (bicyclic) bond motifs is 1. The predicted octanol–water partition coefficient (Wildman–Crippen LogP) is 2.80. The van der Waals surface area contributed by atoms with Crippen molar-refractivity contribution in [3.63, 3.8) is 0 Å². The van der Waals surface area contributed by atoms with Crippen LogP contribution in [0.15, 0.2) is 24.3 Å². The van der Waals surface area contributed by atoms with E-state index in [9.17, 15) is 9.59 Å². The maximum absolute atomic E-state index is 12.2. The number of carbonyl (C=O) groups is 2. The summed E-state index contributed by atoms with van der Waals surface area (Å²) in [7, 11) is 0. The Morgan fingerprint density at radius 3 is 2.68 bits per heavy atom. The average molecular weight is 301 g/mol. The number of H-pyrrole nitrogens is 1. The lowest BCUT2D eigenvalue weighted by atomic mass is 9.97. The minimum atomic E-state index is -0.770. The lowest BCUT2D eigenvalue weighted by Gasteiger charge is -2.30. The number of nitrogens with one attached hydrogen (secondary N) is 2. The van der Waals surface area contributed by atoms with E-state index in [0.717, 1.165) is 22.3 Å². The Balaban J connectivity index is 1.64. The number of aryl methyl sites for hydroxylation is 1. The van der Waals surface area contributed by atoms with Crippen molar-refractivity contribution in [1.82, 2.24) is 9.88 Å². The van der Waals surface area contributed by atoms with E-state index in [1.54, 1.807) is 4.90 Å². The zero-order valence-electron chi connectivity index (χ0n) is 12.4. The Hall–Kier alpha value is -2.50. The Morgan fingerprint density at radius 1 is 1.27 bits per heavy atom. The fourth-order valence-corrected chi connectivity index (χ4v) is 2.89. The normalized spacial score (nSPS) is 16.0. The van der Waals surface area contributed by atoms with Crippen LogP contribution in [0.5, 0.6) is 0 Å². The Labute approximate surface area is 128 Å². The number of likely N-dealkylation sites (tertiary alicyclic amines) is 1. The van der Waals surface area contributed by atoms with Crippen LogP contribution in [0.2, 0.25) is 0 Å². The van der Waals surface area contributed by atoms with Crippen LogP contribution >= 0.6 is 0 Å². The molecule has 0 saturated carbocycles. The minimum absolute atomic E-state index is 0.171. The van der Waals surface area contributed by atoms with E-state index in [-0.39, 0.29) is 11.9 Å². The molecule has 22 heavy (non-hydrogen) atoms. The smallest absolute Gasteiger partial charge is 0.321 e. The molecule has 1 aromatic carbocycles. The van der Waals surface area contributed by atoms with Crippen molar-refractivity contribution < 1.29 is 14.7 Å². The second kappa shape index (κ2) is 5.71. The number of carboxylic acid groups (broad SMARTS) is 1. The van der Waals surface area contributed by atoms with Gasteiger partial charge in [0.2, 0.25) is 0 Å². The van der Waals surface area contributed by atoms with Gasteiger partial charge in [-0.2, -0.15) is 0 Å². The van der Waals surface area contributed by atoms with Crippen molar-refractivity contribution >= 4 is 28.6 Å². The van der Waals surface area contributed by atoms with Crippen molar-refractivity contribution in [3.05, 3.63) is 30.0 Å². The van der Waals surface area contributed by atoms with Crippen LogP contribution in [0, 0.1) is 12.8 Å². The number of aliphatic carboxylic acids is 1. The van der Waals surface area contributed by atoms with Crippen LogP contribution < -0.4 is 5.32 Å². The number of rotatable bonds is 2. The number of carboxylic acids is 1. The summed E-state index contributed by atoms with van der Waals surface area (Å²) in [5, 5.41) is 12.9. The predicted molar refractivity (Wildman–Crippen MR) is 84.0 cm³/mol. The molecule has 0 unspecified atom stereocenters. The molecule has 2 aromatic rings. The summed E-state index contributed by atoms with van der Waals surface area (Å²) in [5.74, 6) is -1.10. The first-order chi connectivity index (χ1) is 10.5. The highest BCUT2D eigenvalue weighted by Gasteiger charge is 2.26. The molecule has 116 valence electrons. The second-order valence-corrected chi connectivity index (χ2v) is 5.78. The van der Waals surface area contributed by atoms with E-state index in [1.807, 2.05) is 31.2 Å². The van der Waals surface area contributed by atoms with Crippen molar-refractivity contribution in [3.8, 4) is 0 Å². The summed E-state index contributed by atoms with van der Waals surface area (Å²) in [6, 6.07) is 7.59. The number of aromatic amines is 1. The minimum Gasteiger partial charge on any atom is -0.481 e. The van der Waals surface area contributed by atoms with Gasteiger partial charge in [0, 0.05) is 35.4 Å². The summed E-state index contributed by atoms with van der Waals surface area (Å²) in [6.45, 7) is 2.95. The van der Waals surface area contributed by atoms with Gasteiger partial charge < -0.3 is 20.3 Å². The summed E-state index contributed by atoms with van der Waals surface area (Å²) < 4.78 is 0. The number of aromatic nitrogens is 1. The number of hydrogen-bond donors (Lipinski definition) is 3. The van der Waals surface area contributed by atoms with Gasteiger partial charge in [-0.1, -0.05) is 0 Å². The van der Waals surface area contributed by atoms with Crippen LogP contribution in [0.3, 0.4) is 0 Å². The molecule has 2 heterocycles. The van der Waals surface area contributed by atoms with Crippen LogP contribution in [-0.4, -0.2) is 40.1 Å². The Morgan fingerprint density at radius 2 is 2.00 bits per heavy atom. The van der Waals surface area contributed by atoms with Crippen molar-refractivity contribution in [1.29, 1.82) is 0 Å². The Bertz CT molecular complexity index is 714. The standard InChI is InChI=1S/C16H19N3O3/c1-10-8-12-9-13(2-3-14(12)17-10)18-16(22)19-6-4-11(5-7-19)15(20)21/h2-3,8-9,11,17H,4-7H2,1H3,(H,18,22)(H,20,21). The highest BCUT2D eigenvalue weighted by Crippen LogP contribution is 2.21. The third kappa shape index (κ3) is 2.90.